The van der Waals surface area contributed by atoms with E-state index in [0.29, 0.717) is 0 Å². The second-order valence-corrected chi connectivity index (χ2v) is 8.22. The number of halogens is 1. The van der Waals surface area contributed by atoms with Crippen LogP contribution in [0.25, 0.3) is 0 Å². The molecule has 122 valence electrons. The van der Waals surface area contributed by atoms with Crippen molar-refractivity contribution in [3.05, 3.63) is 60.7 Å². The van der Waals surface area contributed by atoms with Crippen molar-refractivity contribution in [3.63, 3.8) is 0 Å². The van der Waals surface area contributed by atoms with E-state index in [2.05, 4.69) is 0 Å². The fraction of sp³-hybridized carbons (Fsp3) is 0. The number of nitrogens with one attached hydrogen (secondary N) is 1. The molecule has 0 saturated carbocycles. The third-order valence-corrected chi connectivity index (χ3v) is 4.72. The van der Waals surface area contributed by atoms with Crippen LogP contribution in [0.15, 0.2) is 60.7 Å². The molecular weight excluding hydrogens is 365 g/mol. The molecule has 2 rings (SSSR count). The predicted molar refractivity (Wildman–Crippen MR) is 85.1 cm³/mol. The van der Waals surface area contributed by atoms with Crippen LogP contribution >= 0.6 is 18.3 Å². The highest BCUT2D eigenvalue weighted by Gasteiger charge is 2.41. The summed E-state index contributed by atoms with van der Waals surface area (Å²) in [5.74, 6) is 0.128. The largest absolute Gasteiger partial charge is 0.521 e. The number of carbonyl (C=O) groups excluding carboxylic acids is 1. The average molecular weight is 376 g/mol. The maximum atomic E-state index is 12.8. The Labute approximate surface area is 137 Å². The summed E-state index contributed by atoms with van der Waals surface area (Å²) < 4.78 is 46.3. The molecule has 7 nitrogen and oxygen atoms in total. The summed E-state index contributed by atoms with van der Waals surface area (Å²) in [4.78, 5) is 12.0. The molecule has 0 aliphatic carbocycles. The van der Waals surface area contributed by atoms with Crippen LogP contribution in [0.2, 0.25) is 0 Å². The molecule has 0 bridgehead atoms. The van der Waals surface area contributed by atoms with Gasteiger partial charge in [0.2, 0.25) is 0 Å². The second kappa shape index (κ2) is 7.04. The molecule has 1 N–H and O–H groups in total. The van der Waals surface area contributed by atoms with Crippen molar-refractivity contribution < 1.29 is 26.8 Å². The van der Waals surface area contributed by atoms with Gasteiger partial charge in [-0.3, -0.25) is 4.79 Å². The minimum absolute atomic E-state index is 0.0638. The number of benzene rings is 2. The Bertz CT molecular complexity index is 783. The van der Waals surface area contributed by atoms with Gasteiger partial charge in [0.25, 0.3) is 0 Å². The molecule has 0 heterocycles. The first-order valence-electron chi connectivity index (χ1n) is 6.15. The fourth-order valence-electron chi connectivity index (χ4n) is 1.50. The van der Waals surface area contributed by atoms with Crippen LogP contribution in [0.3, 0.4) is 0 Å². The van der Waals surface area contributed by atoms with Crippen LogP contribution in [0.1, 0.15) is 0 Å². The van der Waals surface area contributed by atoms with Crippen molar-refractivity contribution in [3.8, 4) is 11.5 Å². The van der Waals surface area contributed by atoms with Gasteiger partial charge in [-0.1, -0.05) is 36.4 Å². The summed E-state index contributed by atoms with van der Waals surface area (Å²) in [6.45, 7) is 0. The van der Waals surface area contributed by atoms with Gasteiger partial charge >= 0.3 is 22.5 Å². The molecule has 10 heteroatoms. The molecule has 1 amide bonds. The Morgan fingerprint density at radius 3 is 1.65 bits per heavy atom. The number of hydrogen-bond donors (Lipinski definition) is 1. The number of amides is 1. The van der Waals surface area contributed by atoms with E-state index in [9.17, 15) is 17.8 Å². The molecule has 23 heavy (non-hydrogen) atoms. The Morgan fingerprint density at radius 1 is 0.913 bits per heavy atom. The zero-order chi connectivity index (χ0) is 16.9. The third-order valence-electron chi connectivity index (χ3n) is 2.40. The van der Waals surface area contributed by atoms with Gasteiger partial charge in [0.1, 0.15) is 11.5 Å². The summed E-state index contributed by atoms with van der Waals surface area (Å²) in [7, 11) is -4.07. The van der Waals surface area contributed by atoms with Gasteiger partial charge in [-0.15, -0.1) is 0 Å². The lowest BCUT2D eigenvalue weighted by molar-refractivity contribution is 0.254. The molecule has 0 spiro atoms. The molecule has 0 fully saturated rings. The molecule has 0 unspecified atom stereocenters. The van der Waals surface area contributed by atoms with E-state index < -0.39 is 22.5 Å². The highest BCUT2D eigenvalue weighted by molar-refractivity contribution is 8.13. The summed E-state index contributed by atoms with van der Waals surface area (Å²) in [5, 5.41) is 0. The SMILES string of the molecule is O=C(NS(=O)(=O)Cl)P(=O)(Oc1ccccc1)Oc1ccccc1. The Morgan fingerprint density at radius 2 is 1.30 bits per heavy atom. The zero-order valence-electron chi connectivity index (χ0n) is 11.5. The van der Waals surface area contributed by atoms with Gasteiger partial charge in [-0.2, -0.15) is 8.42 Å². The van der Waals surface area contributed by atoms with E-state index in [4.69, 9.17) is 19.7 Å². The van der Waals surface area contributed by atoms with Crippen molar-refractivity contribution in [1.29, 1.82) is 0 Å². The number of carbonyl (C=O) groups is 1. The van der Waals surface area contributed by atoms with E-state index in [1.807, 2.05) is 0 Å². The van der Waals surface area contributed by atoms with Gasteiger partial charge in [0, 0.05) is 10.7 Å². The molecule has 0 aliphatic heterocycles. The summed E-state index contributed by atoms with van der Waals surface area (Å²) in [6.07, 6.45) is 0. The smallest absolute Gasteiger partial charge is 0.410 e. The maximum absolute atomic E-state index is 12.8. The fourth-order valence-corrected chi connectivity index (χ4v) is 3.89. The lowest BCUT2D eigenvalue weighted by Crippen LogP contribution is -2.28. The van der Waals surface area contributed by atoms with Crippen LogP contribution in [-0.4, -0.2) is 14.1 Å². The quantitative estimate of drug-likeness (QED) is 0.612. The standard InChI is InChI=1S/C13H11ClNO6PS/c14-23(18,19)15-13(16)22(17,20-11-7-3-1-4-8-11)21-12-9-5-2-6-10-12/h1-10H,(H,15,16). The van der Waals surface area contributed by atoms with Crippen molar-refractivity contribution in [2.75, 3.05) is 0 Å². The lowest BCUT2D eigenvalue weighted by atomic mass is 10.3. The minimum atomic E-state index is -4.56. The maximum Gasteiger partial charge on any atom is 0.521 e. The molecule has 0 aromatic heterocycles. The van der Waals surface area contributed by atoms with Crippen LogP contribution in [0.5, 0.6) is 11.5 Å². The van der Waals surface area contributed by atoms with Crippen molar-refractivity contribution in [2.45, 2.75) is 0 Å². The first-order chi connectivity index (χ1) is 10.8. The summed E-state index contributed by atoms with van der Waals surface area (Å²) in [6, 6.07) is 15.4. The van der Waals surface area contributed by atoms with E-state index in [0.717, 1.165) is 0 Å². The van der Waals surface area contributed by atoms with Gasteiger partial charge < -0.3 is 9.05 Å². The molecule has 0 aliphatic rings. The third kappa shape index (κ3) is 5.28. The van der Waals surface area contributed by atoms with E-state index in [1.54, 1.807) is 36.4 Å². The number of para-hydroxylation sites is 2. The minimum Gasteiger partial charge on any atom is -0.410 e. The van der Waals surface area contributed by atoms with Crippen LogP contribution in [-0.2, 0) is 13.8 Å². The van der Waals surface area contributed by atoms with Crippen molar-refractivity contribution >= 4 is 33.2 Å². The van der Waals surface area contributed by atoms with Crippen molar-refractivity contribution in [1.82, 2.24) is 4.72 Å². The van der Waals surface area contributed by atoms with Crippen LogP contribution in [0, 0.1) is 0 Å². The molecule has 2 aromatic rings. The van der Waals surface area contributed by atoms with E-state index in [1.165, 1.54) is 29.0 Å². The van der Waals surface area contributed by atoms with E-state index in [-0.39, 0.29) is 11.5 Å². The molecule has 0 saturated heterocycles. The normalized spacial score (nSPS) is 11.5. The highest BCUT2D eigenvalue weighted by atomic mass is 35.7. The van der Waals surface area contributed by atoms with E-state index >= 15 is 0 Å². The number of hydrogen-bond acceptors (Lipinski definition) is 6. The molecular formula is C13H11ClNO6PS. The topological polar surface area (TPSA) is 98.8 Å². The monoisotopic (exact) mass is 375 g/mol. The van der Waals surface area contributed by atoms with Gasteiger partial charge in [-0.25, -0.2) is 9.29 Å². The van der Waals surface area contributed by atoms with Crippen LogP contribution < -0.4 is 13.8 Å². The molecule has 2 aromatic carbocycles. The molecule has 0 radical (unpaired) electrons. The number of rotatable bonds is 6. The zero-order valence-corrected chi connectivity index (χ0v) is 13.9. The lowest BCUT2D eigenvalue weighted by Gasteiger charge is -2.18. The molecule has 0 atom stereocenters. The Hall–Kier alpha value is -2.02. The first kappa shape index (κ1) is 17.3. The predicted octanol–water partition coefficient (Wildman–Crippen LogP) is 3.53. The van der Waals surface area contributed by atoms with Crippen molar-refractivity contribution in [2.24, 2.45) is 0 Å². The highest BCUT2D eigenvalue weighted by Crippen LogP contribution is 2.49. The average Bonchev–Trinajstić information content (AvgIpc) is 2.47. The second-order valence-electron chi connectivity index (χ2n) is 4.15. The first-order valence-corrected chi connectivity index (χ1v) is 10.00. The van der Waals surface area contributed by atoms with Gasteiger partial charge in [0.15, 0.2) is 0 Å². The van der Waals surface area contributed by atoms with Crippen LogP contribution in [0.4, 0.5) is 4.79 Å². The Kier molecular flexibility index (Phi) is 5.30. The Balaban J connectivity index is 2.33. The van der Waals surface area contributed by atoms with Gasteiger partial charge in [0.05, 0.1) is 0 Å². The van der Waals surface area contributed by atoms with Gasteiger partial charge in [-0.05, 0) is 24.3 Å². The summed E-state index contributed by atoms with van der Waals surface area (Å²) >= 11 is 0. The summed E-state index contributed by atoms with van der Waals surface area (Å²) in [5.41, 5.74) is -1.50.